The van der Waals surface area contributed by atoms with Crippen LogP contribution in [0.5, 0.6) is 0 Å². The molecule has 0 amide bonds. The summed E-state index contributed by atoms with van der Waals surface area (Å²) in [5, 5.41) is 4.18. The van der Waals surface area contributed by atoms with E-state index in [1.807, 2.05) is 12.3 Å². The summed E-state index contributed by atoms with van der Waals surface area (Å²) in [6.45, 7) is 3.82. The predicted octanol–water partition coefficient (Wildman–Crippen LogP) is 1.66. The van der Waals surface area contributed by atoms with Gasteiger partial charge in [-0.05, 0) is 32.3 Å². The van der Waals surface area contributed by atoms with Crippen LogP contribution in [0.4, 0.5) is 5.82 Å². The number of fused-ring (bicyclic) bond motifs is 3. The van der Waals surface area contributed by atoms with E-state index in [0.717, 1.165) is 31.7 Å². The lowest BCUT2D eigenvalue weighted by molar-refractivity contribution is -0.0606. The first-order valence-electron chi connectivity index (χ1n) is 8.16. The summed E-state index contributed by atoms with van der Waals surface area (Å²) >= 11 is 0. The number of hydrogen-bond donors (Lipinski definition) is 0. The lowest BCUT2D eigenvalue weighted by Crippen LogP contribution is -2.50. The van der Waals surface area contributed by atoms with Gasteiger partial charge in [-0.3, -0.25) is 0 Å². The summed E-state index contributed by atoms with van der Waals surface area (Å²) in [4.78, 5) is 18.9. The van der Waals surface area contributed by atoms with Crippen LogP contribution in [0, 0.1) is 0 Å². The van der Waals surface area contributed by atoms with Crippen LogP contribution in [0.2, 0.25) is 0 Å². The van der Waals surface area contributed by atoms with Gasteiger partial charge in [0.1, 0.15) is 11.4 Å². The van der Waals surface area contributed by atoms with Gasteiger partial charge in [-0.1, -0.05) is 0 Å². The molecule has 4 rings (SSSR count). The number of hydrogen-bond acceptors (Lipinski definition) is 6. The highest BCUT2D eigenvalue weighted by molar-refractivity contribution is 5.95. The van der Waals surface area contributed by atoms with Crippen molar-refractivity contribution in [3.05, 3.63) is 24.0 Å². The van der Waals surface area contributed by atoms with E-state index in [1.54, 1.807) is 11.4 Å². The van der Waals surface area contributed by atoms with Gasteiger partial charge in [0.05, 0.1) is 25.0 Å². The largest absolute Gasteiger partial charge is 0.462 e. The summed E-state index contributed by atoms with van der Waals surface area (Å²) < 4.78 is 12.7. The number of ether oxygens (including phenoxy) is 2. The van der Waals surface area contributed by atoms with Crippen LogP contribution in [0.15, 0.2) is 18.5 Å². The molecule has 2 aromatic rings. The molecule has 0 aromatic carbocycles. The maximum Gasteiger partial charge on any atom is 0.343 e. The first-order valence-corrected chi connectivity index (χ1v) is 8.16. The maximum atomic E-state index is 12.0. The fourth-order valence-corrected chi connectivity index (χ4v) is 3.39. The molecule has 0 aliphatic carbocycles. The highest BCUT2D eigenvalue weighted by atomic mass is 16.5. The molecule has 4 heterocycles. The smallest absolute Gasteiger partial charge is 0.343 e. The second kappa shape index (κ2) is 5.81. The number of carbonyl (C=O) groups is 1. The lowest BCUT2D eigenvalue weighted by atomic mass is 10.00. The number of anilines is 1. The second-order valence-electron chi connectivity index (χ2n) is 6.05. The zero-order valence-electron chi connectivity index (χ0n) is 13.1. The molecule has 122 valence electrons. The van der Waals surface area contributed by atoms with Gasteiger partial charge in [-0.25, -0.2) is 14.3 Å². The minimum Gasteiger partial charge on any atom is -0.462 e. The Balaban J connectivity index is 1.65. The SMILES string of the molecule is CCOC(=O)c1cnn2ccc(N3C[C@H]4CCC[C@@H](C3)O4)nc12. The summed E-state index contributed by atoms with van der Waals surface area (Å²) in [7, 11) is 0. The van der Waals surface area contributed by atoms with E-state index in [4.69, 9.17) is 9.47 Å². The van der Waals surface area contributed by atoms with E-state index in [1.165, 1.54) is 12.6 Å². The number of aromatic nitrogens is 3. The van der Waals surface area contributed by atoms with Crippen LogP contribution in [0.3, 0.4) is 0 Å². The van der Waals surface area contributed by atoms with Crippen LogP contribution in [0.25, 0.3) is 5.65 Å². The Morgan fingerprint density at radius 1 is 1.39 bits per heavy atom. The van der Waals surface area contributed by atoms with Crippen molar-refractivity contribution in [2.75, 3.05) is 24.6 Å². The molecule has 2 saturated heterocycles. The molecule has 0 saturated carbocycles. The average Bonchev–Trinajstić information content (AvgIpc) is 2.98. The van der Waals surface area contributed by atoms with Gasteiger partial charge in [0.2, 0.25) is 0 Å². The number of carbonyl (C=O) groups excluding carboxylic acids is 1. The van der Waals surface area contributed by atoms with Crippen molar-refractivity contribution in [1.29, 1.82) is 0 Å². The quantitative estimate of drug-likeness (QED) is 0.802. The Hall–Kier alpha value is -2.15. The van der Waals surface area contributed by atoms with E-state index < -0.39 is 0 Å². The minimum absolute atomic E-state index is 0.287. The third-order valence-corrected chi connectivity index (χ3v) is 4.46. The number of nitrogens with zero attached hydrogens (tertiary/aromatic N) is 4. The van der Waals surface area contributed by atoms with Gasteiger partial charge in [0.25, 0.3) is 0 Å². The molecule has 7 nitrogen and oxygen atoms in total. The van der Waals surface area contributed by atoms with Crippen LogP contribution in [-0.2, 0) is 9.47 Å². The molecular weight excluding hydrogens is 296 g/mol. The van der Waals surface area contributed by atoms with Gasteiger partial charge in [-0.15, -0.1) is 0 Å². The summed E-state index contributed by atoms with van der Waals surface area (Å²) in [6, 6.07) is 1.94. The fourth-order valence-electron chi connectivity index (χ4n) is 3.39. The van der Waals surface area contributed by atoms with Gasteiger partial charge >= 0.3 is 5.97 Å². The van der Waals surface area contributed by atoms with E-state index >= 15 is 0 Å². The first-order chi connectivity index (χ1) is 11.2. The predicted molar refractivity (Wildman–Crippen MR) is 83.7 cm³/mol. The molecule has 2 atom stereocenters. The molecule has 2 bridgehead atoms. The summed E-state index contributed by atoms with van der Waals surface area (Å²) in [5.41, 5.74) is 0.944. The van der Waals surface area contributed by atoms with E-state index in [2.05, 4.69) is 15.0 Å². The van der Waals surface area contributed by atoms with Crippen molar-refractivity contribution in [3.63, 3.8) is 0 Å². The highest BCUT2D eigenvalue weighted by Gasteiger charge is 2.32. The van der Waals surface area contributed by atoms with Gasteiger partial charge in [-0.2, -0.15) is 5.10 Å². The van der Waals surface area contributed by atoms with Crippen LogP contribution in [0.1, 0.15) is 36.5 Å². The van der Waals surface area contributed by atoms with Crippen LogP contribution >= 0.6 is 0 Å². The Bertz CT molecular complexity index is 717. The third-order valence-electron chi connectivity index (χ3n) is 4.46. The molecule has 7 heteroatoms. The van der Waals surface area contributed by atoms with Crippen LogP contribution < -0.4 is 4.90 Å². The van der Waals surface area contributed by atoms with Crippen molar-refractivity contribution >= 4 is 17.4 Å². The van der Waals surface area contributed by atoms with Crippen molar-refractivity contribution in [2.24, 2.45) is 0 Å². The molecule has 0 unspecified atom stereocenters. The van der Waals surface area contributed by atoms with Gasteiger partial charge < -0.3 is 14.4 Å². The van der Waals surface area contributed by atoms with Gasteiger partial charge in [0, 0.05) is 19.3 Å². The Labute approximate surface area is 134 Å². The standard InChI is InChI=1S/C16H20N4O3/c1-2-22-16(21)13-8-17-20-7-6-14(18-15(13)20)19-9-11-4-3-5-12(10-19)23-11/h6-8,11-12H,2-5,9-10H2,1H3/t11-,12+. The second-order valence-corrected chi connectivity index (χ2v) is 6.05. The molecule has 0 radical (unpaired) electrons. The lowest BCUT2D eigenvalue weighted by Gasteiger charge is -2.42. The number of morpholine rings is 1. The van der Waals surface area contributed by atoms with Crippen LogP contribution in [-0.4, -0.2) is 52.5 Å². The van der Waals surface area contributed by atoms with Crippen molar-refractivity contribution in [2.45, 2.75) is 38.4 Å². The first kappa shape index (κ1) is 14.4. The Kier molecular flexibility index (Phi) is 3.65. The monoisotopic (exact) mass is 316 g/mol. The third kappa shape index (κ3) is 2.65. The minimum atomic E-state index is -0.383. The van der Waals surface area contributed by atoms with E-state index in [9.17, 15) is 4.79 Å². The number of rotatable bonds is 3. The van der Waals surface area contributed by atoms with Crippen molar-refractivity contribution in [1.82, 2.24) is 14.6 Å². The molecule has 2 fully saturated rings. The zero-order chi connectivity index (χ0) is 15.8. The normalized spacial score (nSPS) is 24.0. The molecule has 2 aliphatic rings. The van der Waals surface area contributed by atoms with E-state index in [0.29, 0.717) is 17.8 Å². The molecule has 0 spiro atoms. The highest BCUT2D eigenvalue weighted by Crippen LogP contribution is 2.28. The molecule has 23 heavy (non-hydrogen) atoms. The summed E-state index contributed by atoms with van der Waals surface area (Å²) in [5.74, 6) is 0.481. The van der Waals surface area contributed by atoms with E-state index in [-0.39, 0.29) is 18.2 Å². The molecule has 0 N–H and O–H groups in total. The zero-order valence-corrected chi connectivity index (χ0v) is 13.1. The average molecular weight is 316 g/mol. The van der Waals surface area contributed by atoms with Crippen molar-refractivity contribution in [3.8, 4) is 0 Å². The Morgan fingerprint density at radius 2 is 2.17 bits per heavy atom. The Morgan fingerprint density at radius 3 is 2.91 bits per heavy atom. The van der Waals surface area contributed by atoms with Crippen molar-refractivity contribution < 1.29 is 14.3 Å². The summed E-state index contributed by atoms with van der Waals surface area (Å²) in [6.07, 6.45) is 7.38. The maximum absolute atomic E-state index is 12.0. The molecule has 2 aromatic heterocycles. The molecule has 2 aliphatic heterocycles. The topological polar surface area (TPSA) is 69.0 Å². The molecular formula is C16H20N4O3. The number of esters is 1. The van der Waals surface area contributed by atoms with Gasteiger partial charge in [0.15, 0.2) is 5.65 Å². The fraction of sp³-hybridized carbons (Fsp3) is 0.562.